The van der Waals surface area contributed by atoms with Gasteiger partial charge in [0, 0.05) is 62.8 Å². The summed E-state index contributed by atoms with van der Waals surface area (Å²) in [5.74, 6) is 2.29. The normalized spacial score (nSPS) is 21.9. The fourth-order valence-electron chi connectivity index (χ4n) is 5.14. The van der Waals surface area contributed by atoms with E-state index in [4.69, 9.17) is 9.97 Å². The Labute approximate surface area is 231 Å². The number of sulfonamides is 1. The molecule has 6 rings (SSSR count). The first-order chi connectivity index (χ1) is 19.2. The van der Waals surface area contributed by atoms with Crippen molar-refractivity contribution in [3.05, 3.63) is 30.4 Å². The van der Waals surface area contributed by atoms with Crippen LogP contribution in [0.1, 0.15) is 44.2 Å². The van der Waals surface area contributed by atoms with Crippen molar-refractivity contribution in [1.82, 2.24) is 39.4 Å². The summed E-state index contributed by atoms with van der Waals surface area (Å²) in [5.41, 5.74) is 0.134. The van der Waals surface area contributed by atoms with Gasteiger partial charge in [0.1, 0.15) is 5.54 Å². The molecule has 1 amide bonds. The predicted octanol–water partition coefficient (Wildman–Crippen LogP) is 1.08. The number of rotatable bonds is 8. The number of hydrogen-bond donors (Lipinski definition) is 3. The molecule has 16 heteroatoms. The lowest BCUT2D eigenvalue weighted by molar-refractivity contribution is -0.120. The van der Waals surface area contributed by atoms with Crippen LogP contribution in [0.15, 0.2) is 24.7 Å². The fourth-order valence-corrected chi connectivity index (χ4v) is 5.97. The van der Waals surface area contributed by atoms with Gasteiger partial charge >= 0.3 is 0 Å². The molecule has 40 heavy (non-hydrogen) atoms. The molecular weight excluding hydrogens is 536 g/mol. The third-order valence-electron chi connectivity index (χ3n) is 7.63. The largest absolute Gasteiger partial charge is 0.338 e. The Balaban J connectivity index is 1.30. The van der Waals surface area contributed by atoms with E-state index < -0.39 is 15.6 Å². The van der Waals surface area contributed by atoms with Gasteiger partial charge in [0.25, 0.3) is 5.91 Å². The smallest absolute Gasteiger partial charge is 0.251 e. The molecule has 3 aliphatic rings. The number of aromatic amines is 1. The Bertz CT molecular complexity index is 1490. The molecule has 212 valence electrons. The number of H-pyrrole nitrogens is 1. The van der Waals surface area contributed by atoms with E-state index in [0.717, 1.165) is 25.0 Å². The zero-order valence-electron chi connectivity index (χ0n) is 22.4. The molecule has 2 saturated heterocycles. The van der Waals surface area contributed by atoms with Gasteiger partial charge in [0.15, 0.2) is 11.6 Å². The summed E-state index contributed by atoms with van der Waals surface area (Å²) in [6.45, 7) is 3.94. The molecule has 0 spiro atoms. The second kappa shape index (κ2) is 10.2. The van der Waals surface area contributed by atoms with Crippen molar-refractivity contribution in [2.45, 2.75) is 44.1 Å². The first-order valence-corrected chi connectivity index (χ1v) is 15.2. The van der Waals surface area contributed by atoms with E-state index in [1.165, 1.54) is 23.0 Å². The third-order valence-corrected chi connectivity index (χ3v) is 8.94. The number of piperazine rings is 1. The molecule has 1 saturated carbocycles. The van der Waals surface area contributed by atoms with Crippen LogP contribution in [-0.2, 0) is 14.8 Å². The van der Waals surface area contributed by atoms with Crippen LogP contribution in [0.2, 0.25) is 0 Å². The summed E-state index contributed by atoms with van der Waals surface area (Å²) in [4.78, 5) is 39.7. The van der Waals surface area contributed by atoms with Crippen molar-refractivity contribution in [3.63, 3.8) is 0 Å². The molecule has 3 aromatic rings. The number of amides is 1. The van der Waals surface area contributed by atoms with Crippen LogP contribution < -0.4 is 20.4 Å². The van der Waals surface area contributed by atoms with Gasteiger partial charge < -0.3 is 20.4 Å². The molecule has 5 heterocycles. The number of nitrogens with zero attached hydrogens (tertiary/aromatic N) is 9. The Morgan fingerprint density at radius 2 is 1.82 bits per heavy atom. The number of carbonyl (C=O) groups is 1. The molecule has 0 aromatic carbocycles. The summed E-state index contributed by atoms with van der Waals surface area (Å²) >= 11 is 0. The van der Waals surface area contributed by atoms with E-state index in [-0.39, 0.29) is 5.91 Å². The van der Waals surface area contributed by atoms with Crippen LogP contribution >= 0.6 is 0 Å². The Morgan fingerprint density at radius 1 is 1.05 bits per heavy atom. The summed E-state index contributed by atoms with van der Waals surface area (Å²) < 4.78 is 25.5. The van der Waals surface area contributed by atoms with Gasteiger partial charge in [0.05, 0.1) is 12.5 Å². The minimum Gasteiger partial charge on any atom is -0.338 e. The van der Waals surface area contributed by atoms with Crippen molar-refractivity contribution < 1.29 is 13.2 Å². The van der Waals surface area contributed by atoms with Crippen molar-refractivity contribution in [2.24, 2.45) is 0 Å². The zero-order valence-corrected chi connectivity index (χ0v) is 23.2. The average molecular weight is 569 g/mol. The minimum absolute atomic E-state index is 0.231. The van der Waals surface area contributed by atoms with E-state index in [1.807, 2.05) is 22.8 Å². The van der Waals surface area contributed by atoms with Crippen LogP contribution in [0.5, 0.6) is 0 Å². The molecule has 15 nitrogen and oxygen atoms in total. The van der Waals surface area contributed by atoms with Crippen molar-refractivity contribution >= 4 is 45.4 Å². The number of anilines is 5. The van der Waals surface area contributed by atoms with E-state index in [0.29, 0.717) is 74.5 Å². The van der Waals surface area contributed by atoms with Gasteiger partial charge in [-0.2, -0.15) is 24.4 Å². The summed E-state index contributed by atoms with van der Waals surface area (Å²) in [6, 6.07) is 1.96. The molecule has 3 N–H and O–H groups in total. The lowest BCUT2D eigenvalue weighted by Gasteiger charge is -2.35. The monoisotopic (exact) mass is 568 g/mol. The average Bonchev–Trinajstić information content (AvgIpc) is 3.56. The third kappa shape index (κ3) is 5.40. The molecule has 0 unspecified atom stereocenters. The Kier molecular flexibility index (Phi) is 6.74. The lowest BCUT2D eigenvalue weighted by atomic mass is 9.98. The van der Waals surface area contributed by atoms with E-state index >= 15 is 0 Å². The molecule has 3 fully saturated rings. The molecular formula is C24H32N12O3S. The first kappa shape index (κ1) is 26.3. The highest BCUT2D eigenvalue weighted by atomic mass is 32.2. The highest BCUT2D eigenvalue weighted by Crippen LogP contribution is 2.40. The zero-order chi connectivity index (χ0) is 27.9. The Hall–Kier alpha value is -3.92. The highest BCUT2D eigenvalue weighted by Gasteiger charge is 2.45. The summed E-state index contributed by atoms with van der Waals surface area (Å²) in [6.07, 6.45) is 9.43. The van der Waals surface area contributed by atoms with Crippen molar-refractivity contribution in [3.8, 4) is 0 Å². The molecule has 0 bridgehead atoms. The fraction of sp³-hybridized carbons (Fsp3) is 0.542. The maximum atomic E-state index is 13.5. The van der Waals surface area contributed by atoms with Crippen LogP contribution in [0.3, 0.4) is 0 Å². The second-order valence-corrected chi connectivity index (χ2v) is 12.6. The van der Waals surface area contributed by atoms with Gasteiger partial charge in [-0.25, -0.2) is 13.4 Å². The maximum absolute atomic E-state index is 13.5. The van der Waals surface area contributed by atoms with Crippen LogP contribution in [0.4, 0.5) is 29.5 Å². The van der Waals surface area contributed by atoms with E-state index in [1.54, 1.807) is 6.20 Å². The second-order valence-electron chi connectivity index (χ2n) is 10.6. The number of carbonyl (C=O) groups excluding carboxylic acids is 1. The van der Waals surface area contributed by atoms with Crippen LogP contribution in [-0.4, -0.2) is 98.3 Å². The molecule has 2 aliphatic heterocycles. The van der Waals surface area contributed by atoms with Gasteiger partial charge in [-0.05, 0) is 32.6 Å². The van der Waals surface area contributed by atoms with E-state index in [2.05, 4.69) is 35.8 Å². The van der Waals surface area contributed by atoms with Crippen LogP contribution in [0, 0.1) is 0 Å². The summed E-state index contributed by atoms with van der Waals surface area (Å²) in [7, 11) is -3.28. The molecule has 1 atom stereocenters. The quantitative estimate of drug-likeness (QED) is 0.353. The predicted molar refractivity (Wildman–Crippen MR) is 148 cm³/mol. The lowest BCUT2D eigenvalue weighted by Crippen LogP contribution is -2.52. The molecule has 1 aliphatic carbocycles. The van der Waals surface area contributed by atoms with E-state index in [9.17, 15) is 13.2 Å². The number of aromatic nitrogens is 7. The van der Waals surface area contributed by atoms with Gasteiger partial charge in [-0.3, -0.25) is 14.9 Å². The first-order valence-electron chi connectivity index (χ1n) is 13.3. The molecule has 0 radical (unpaired) electrons. The maximum Gasteiger partial charge on any atom is 0.251 e. The minimum atomic E-state index is -3.28. The standard InChI is InChI=1S/C24H32N12O3S/c1-24(20(37)27-19-15-25-7-8-26-19)6-3-9-36(24)23-30-21(28-18-14-17(32-33-18)16-4-5-16)29-22(31-23)34-10-12-35(13-11-34)40(2,38)39/h7-8,14-16H,3-6,9-13H2,1-2H3,(H,26,27,37)(H2,28,29,30,31,32,33)/t24-/m0/s1. The van der Waals surface area contributed by atoms with Gasteiger partial charge in [-0.15, -0.1) is 0 Å². The molecule has 3 aromatic heterocycles. The van der Waals surface area contributed by atoms with Crippen molar-refractivity contribution in [2.75, 3.05) is 59.4 Å². The van der Waals surface area contributed by atoms with Gasteiger partial charge in [-0.1, -0.05) is 0 Å². The summed E-state index contributed by atoms with van der Waals surface area (Å²) in [5, 5.41) is 13.5. The highest BCUT2D eigenvalue weighted by molar-refractivity contribution is 7.88. The number of hydrogen-bond acceptors (Lipinski definition) is 12. The van der Waals surface area contributed by atoms with Gasteiger partial charge in [0.2, 0.25) is 27.9 Å². The van der Waals surface area contributed by atoms with Crippen LogP contribution in [0.25, 0.3) is 0 Å². The Morgan fingerprint density at radius 3 is 2.52 bits per heavy atom. The topological polar surface area (TPSA) is 178 Å². The SMILES string of the molecule is C[C@@]1(C(=O)Nc2cnccn2)CCCN1c1nc(Nc2cc(C3CC3)[nH]n2)nc(N2CCN(S(C)(=O)=O)CC2)n1. The van der Waals surface area contributed by atoms with Crippen molar-refractivity contribution in [1.29, 1.82) is 0 Å². The number of nitrogens with one attached hydrogen (secondary N) is 3.